The van der Waals surface area contributed by atoms with Gasteiger partial charge in [0.15, 0.2) is 0 Å². The highest BCUT2D eigenvalue weighted by Gasteiger charge is 2.27. The van der Waals surface area contributed by atoms with E-state index in [0.717, 1.165) is 36.6 Å². The molecule has 0 aromatic heterocycles. The number of methoxy groups -OCH3 is 2. The van der Waals surface area contributed by atoms with Gasteiger partial charge in [-0.15, -0.1) is 0 Å². The summed E-state index contributed by atoms with van der Waals surface area (Å²) in [6.07, 6.45) is 2.15. The fraction of sp³-hybridized carbons (Fsp3) is 0.350. The molecule has 0 unspecified atom stereocenters. The summed E-state index contributed by atoms with van der Waals surface area (Å²) in [4.78, 5) is 14.6. The van der Waals surface area contributed by atoms with Gasteiger partial charge in [0.2, 0.25) is 5.91 Å². The van der Waals surface area contributed by atoms with Crippen molar-refractivity contribution in [2.75, 3.05) is 32.6 Å². The molecule has 3 rings (SSSR count). The van der Waals surface area contributed by atoms with Gasteiger partial charge in [-0.1, -0.05) is 12.1 Å². The van der Waals surface area contributed by atoms with Gasteiger partial charge in [-0.2, -0.15) is 0 Å². The maximum Gasteiger partial charge on any atom is 0.238 e. The average molecular weight is 340 g/mol. The summed E-state index contributed by atoms with van der Waals surface area (Å²) in [5.41, 5.74) is 1.98. The Balaban J connectivity index is 1.63. The minimum Gasteiger partial charge on any atom is -0.497 e. The molecule has 0 radical (unpaired) electrons. The molecule has 25 heavy (non-hydrogen) atoms. The van der Waals surface area contributed by atoms with Crippen LogP contribution in [-0.4, -0.2) is 38.1 Å². The van der Waals surface area contributed by atoms with E-state index in [-0.39, 0.29) is 11.9 Å². The van der Waals surface area contributed by atoms with E-state index in [0.29, 0.717) is 6.54 Å². The molecule has 1 aliphatic rings. The number of benzene rings is 2. The Morgan fingerprint density at radius 3 is 2.60 bits per heavy atom. The molecule has 1 heterocycles. The number of hydrogen-bond donors (Lipinski definition) is 1. The molecule has 5 heteroatoms. The first-order chi connectivity index (χ1) is 12.2. The highest BCUT2D eigenvalue weighted by atomic mass is 16.5. The first-order valence-electron chi connectivity index (χ1n) is 8.51. The lowest BCUT2D eigenvalue weighted by molar-refractivity contribution is -0.117. The Morgan fingerprint density at radius 1 is 1.12 bits per heavy atom. The van der Waals surface area contributed by atoms with Crippen LogP contribution in [0.5, 0.6) is 11.5 Å². The summed E-state index contributed by atoms with van der Waals surface area (Å²) < 4.78 is 10.5. The van der Waals surface area contributed by atoms with Crippen LogP contribution in [0.4, 0.5) is 5.69 Å². The molecule has 2 aromatic rings. The second-order valence-electron chi connectivity index (χ2n) is 6.18. The third-order valence-electron chi connectivity index (χ3n) is 4.56. The SMILES string of the molecule is COc1ccc(NC(=O)CN2CCC[C@H]2c2cccc(OC)c2)cc1. The number of carbonyl (C=O) groups excluding carboxylic acids is 1. The van der Waals surface area contributed by atoms with Crippen LogP contribution < -0.4 is 14.8 Å². The summed E-state index contributed by atoms with van der Waals surface area (Å²) in [5, 5.41) is 2.95. The Morgan fingerprint density at radius 2 is 1.88 bits per heavy atom. The van der Waals surface area contributed by atoms with Gasteiger partial charge < -0.3 is 14.8 Å². The molecule has 1 saturated heterocycles. The number of likely N-dealkylation sites (tertiary alicyclic amines) is 1. The molecule has 0 saturated carbocycles. The number of rotatable bonds is 6. The van der Waals surface area contributed by atoms with Crippen LogP contribution in [0.1, 0.15) is 24.4 Å². The predicted molar refractivity (Wildman–Crippen MR) is 98.2 cm³/mol. The van der Waals surface area contributed by atoms with E-state index in [1.165, 1.54) is 5.56 Å². The number of hydrogen-bond acceptors (Lipinski definition) is 4. The van der Waals surface area contributed by atoms with Crippen LogP contribution in [0.3, 0.4) is 0 Å². The van der Waals surface area contributed by atoms with Gasteiger partial charge in [-0.3, -0.25) is 9.69 Å². The summed E-state index contributed by atoms with van der Waals surface area (Å²) in [6.45, 7) is 1.31. The molecule has 1 atom stereocenters. The van der Waals surface area contributed by atoms with Crippen LogP contribution in [0.15, 0.2) is 48.5 Å². The van der Waals surface area contributed by atoms with Crippen molar-refractivity contribution in [3.8, 4) is 11.5 Å². The maximum atomic E-state index is 12.4. The number of amides is 1. The molecule has 0 aliphatic carbocycles. The minimum absolute atomic E-state index is 0.0000343. The van der Waals surface area contributed by atoms with Crippen molar-refractivity contribution >= 4 is 11.6 Å². The maximum absolute atomic E-state index is 12.4. The first kappa shape index (κ1) is 17.3. The Bertz CT molecular complexity index is 715. The van der Waals surface area contributed by atoms with Crippen LogP contribution in [0, 0.1) is 0 Å². The van der Waals surface area contributed by atoms with E-state index in [1.807, 2.05) is 36.4 Å². The molecular weight excluding hydrogens is 316 g/mol. The number of anilines is 1. The van der Waals surface area contributed by atoms with E-state index in [9.17, 15) is 4.79 Å². The van der Waals surface area contributed by atoms with Crippen molar-refractivity contribution in [2.24, 2.45) is 0 Å². The molecule has 0 bridgehead atoms. The third-order valence-corrected chi connectivity index (χ3v) is 4.56. The van der Waals surface area contributed by atoms with Crippen molar-refractivity contribution in [1.29, 1.82) is 0 Å². The van der Waals surface area contributed by atoms with Crippen molar-refractivity contribution in [2.45, 2.75) is 18.9 Å². The van der Waals surface area contributed by atoms with Crippen LogP contribution in [-0.2, 0) is 4.79 Å². The Labute approximate surface area is 148 Å². The summed E-state index contributed by atoms with van der Waals surface area (Å²) in [7, 11) is 3.30. The van der Waals surface area contributed by atoms with Gasteiger partial charge in [0.25, 0.3) is 0 Å². The quantitative estimate of drug-likeness (QED) is 0.875. The molecule has 1 amide bonds. The van der Waals surface area contributed by atoms with Crippen LogP contribution in [0.25, 0.3) is 0 Å². The number of nitrogens with zero attached hydrogens (tertiary/aromatic N) is 1. The average Bonchev–Trinajstić information content (AvgIpc) is 3.10. The number of nitrogens with one attached hydrogen (secondary N) is 1. The topological polar surface area (TPSA) is 50.8 Å². The van der Waals surface area contributed by atoms with Gasteiger partial charge in [-0.05, 0) is 61.3 Å². The fourth-order valence-corrected chi connectivity index (χ4v) is 3.30. The zero-order valence-electron chi connectivity index (χ0n) is 14.7. The van der Waals surface area contributed by atoms with Crippen molar-refractivity contribution in [3.05, 3.63) is 54.1 Å². The molecule has 132 valence electrons. The van der Waals surface area contributed by atoms with Gasteiger partial charge >= 0.3 is 0 Å². The van der Waals surface area contributed by atoms with Crippen molar-refractivity contribution < 1.29 is 14.3 Å². The molecule has 1 aliphatic heterocycles. The van der Waals surface area contributed by atoms with Crippen LogP contribution >= 0.6 is 0 Å². The second kappa shape index (κ2) is 8.03. The first-order valence-corrected chi connectivity index (χ1v) is 8.51. The van der Waals surface area contributed by atoms with Crippen molar-refractivity contribution in [1.82, 2.24) is 4.90 Å². The molecule has 5 nitrogen and oxygen atoms in total. The Kier molecular flexibility index (Phi) is 5.56. The van der Waals surface area contributed by atoms with E-state index in [2.05, 4.69) is 22.3 Å². The van der Waals surface area contributed by atoms with E-state index < -0.39 is 0 Å². The lowest BCUT2D eigenvalue weighted by Gasteiger charge is -2.24. The lowest BCUT2D eigenvalue weighted by atomic mass is 10.0. The monoisotopic (exact) mass is 340 g/mol. The summed E-state index contributed by atoms with van der Waals surface area (Å²) in [5.74, 6) is 1.63. The van der Waals surface area contributed by atoms with Gasteiger partial charge in [0, 0.05) is 11.7 Å². The fourth-order valence-electron chi connectivity index (χ4n) is 3.30. The van der Waals surface area contributed by atoms with Crippen molar-refractivity contribution in [3.63, 3.8) is 0 Å². The normalized spacial score (nSPS) is 17.3. The zero-order chi connectivity index (χ0) is 17.6. The van der Waals surface area contributed by atoms with E-state index >= 15 is 0 Å². The summed E-state index contributed by atoms with van der Waals surface area (Å²) in [6, 6.07) is 15.7. The van der Waals surface area contributed by atoms with Gasteiger partial charge in [-0.25, -0.2) is 0 Å². The van der Waals surface area contributed by atoms with Gasteiger partial charge in [0.05, 0.1) is 20.8 Å². The molecule has 0 spiro atoms. The molecule has 1 N–H and O–H groups in total. The van der Waals surface area contributed by atoms with Gasteiger partial charge in [0.1, 0.15) is 11.5 Å². The predicted octanol–water partition coefficient (Wildman–Crippen LogP) is 3.48. The zero-order valence-corrected chi connectivity index (χ0v) is 14.7. The van der Waals surface area contributed by atoms with Crippen LogP contribution in [0.2, 0.25) is 0 Å². The highest BCUT2D eigenvalue weighted by Crippen LogP contribution is 2.33. The standard InChI is InChI=1S/C20H24N2O3/c1-24-17-10-8-16(9-11-17)21-20(23)14-22-12-4-7-19(22)15-5-3-6-18(13-15)25-2/h3,5-6,8-11,13,19H,4,7,12,14H2,1-2H3,(H,21,23)/t19-/m0/s1. The number of carbonyl (C=O) groups is 1. The second-order valence-corrected chi connectivity index (χ2v) is 6.18. The molecule has 2 aromatic carbocycles. The highest BCUT2D eigenvalue weighted by molar-refractivity contribution is 5.92. The largest absolute Gasteiger partial charge is 0.497 e. The smallest absolute Gasteiger partial charge is 0.238 e. The number of ether oxygens (including phenoxy) is 2. The minimum atomic E-state index is -0.0000343. The molecular formula is C20H24N2O3. The third kappa shape index (κ3) is 4.31. The lowest BCUT2D eigenvalue weighted by Crippen LogP contribution is -2.32. The molecule has 1 fully saturated rings. The Hall–Kier alpha value is -2.53. The van der Waals surface area contributed by atoms with E-state index in [1.54, 1.807) is 14.2 Å². The summed E-state index contributed by atoms with van der Waals surface area (Å²) >= 11 is 0. The van der Waals surface area contributed by atoms with E-state index in [4.69, 9.17) is 9.47 Å².